The van der Waals surface area contributed by atoms with E-state index in [1.807, 2.05) is 0 Å². The first kappa shape index (κ1) is 13.6. The number of benzene rings is 1. The molecule has 1 heterocycles. The molecule has 2 nitrogen and oxygen atoms in total. The Kier molecular flexibility index (Phi) is 4.10. The summed E-state index contributed by atoms with van der Waals surface area (Å²) in [6.07, 6.45) is 1.30. The van der Waals surface area contributed by atoms with Gasteiger partial charge in [-0.3, -0.25) is 0 Å². The molecular formula is C15H24N2S. The molecule has 1 unspecified atom stereocenters. The summed E-state index contributed by atoms with van der Waals surface area (Å²) >= 11 is 2.06. The molecule has 0 saturated carbocycles. The Morgan fingerprint density at radius 3 is 2.44 bits per heavy atom. The van der Waals surface area contributed by atoms with E-state index in [0.29, 0.717) is 11.5 Å². The number of nitrogens with one attached hydrogen (secondary N) is 1. The Labute approximate surface area is 115 Å². The summed E-state index contributed by atoms with van der Waals surface area (Å²) in [6.45, 7) is 4.75. The molecule has 0 aromatic heterocycles. The lowest BCUT2D eigenvalue weighted by atomic mass is 9.82. The van der Waals surface area contributed by atoms with Gasteiger partial charge in [0.05, 0.1) is 0 Å². The molecule has 1 fully saturated rings. The van der Waals surface area contributed by atoms with Crippen molar-refractivity contribution in [2.24, 2.45) is 5.41 Å². The molecule has 0 radical (unpaired) electrons. The Morgan fingerprint density at radius 1 is 1.22 bits per heavy atom. The van der Waals surface area contributed by atoms with Crippen LogP contribution in [0.4, 0.5) is 11.4 Å². The summed E-state index contributed by atoms with van der Waals surface area (Å²) in [4.78, 5) is 2.13. The molecule has 0 spiro atoms. The van der Waals surface area contributed by atoms with Crippen LogP contribution in [0.15, 0.2) is 24.3 Å². The van der Waals surface area contributed by atoms with E-state index < -0.39 is 0 Å². The number of anilines is 2. The van der Waals surface area contributed by atoms with Crippen LogP contribution in [0.3, 0.4) is 0 Å². The quantitative estimate of drug-likeness (QED) is 0.896. The largest absolute Gasteiger partial charge is 0.381 e. The second-order valence-electron chi connectivity index (χ2n) is 5.95. The van der Waals surface area contributed by atoms with E-state index in [0.717, 1.165) is 0 Å². The summed E-state index contributed by atoms with van der Waals surface area (Å²) in [5.74, 6) is 2.51. The maximum atomic E-state index is 3.70. The molecule has 1 aliphatic rings. The van der Waals surface area contributed by atoms with Crippen molar-refractivity contribution in [3.05, 3.63) is 24.3 Å². The van der Waals surface area contributed by atoms with Crippen molar-refractivity contribution >= 4 is 23.1 Å². The summed E-state index contributed by atoms with van der Waals surface area (Å²) in [5, 5.41) is 3.70. The van der Waals surface area contributed by atoms with E-state index in [1.165, 1.54) is 29.3 Å². The van der Waals surface area contributed by atoms with E-state index >= 15 is 0 Å². The van der Waals surface area contributed by atoms with Gasteiger partial charge in [0, 0.05) is 37.3 Å². The Balaban J connectivity index is 2.04. The zero-order valence-electron chi connectivity index (χ0n) is 11.9. The van der Waals surface area contributed by atoms with Crippen molar-refractivity contribution in [3.63, 3.8) is 0 Å². The molecule has 1 saturated heterocycles. The minimum Gasteiger partial charge on any atom is -0.381 e. The molecule has 0 bridgehead atoms. The highest BCUT2D eigenvalue weighted by molar-refractivity contribution is 7.99. The average Bonchev–Trinajstić information content (AvgIpc) is 2.32. The number of rotatable bonds is 3. The van der Waals surface area contributed by atoms with Gasteiger partial charge in [-0.25, -0.2) is 0 Å². The Hall–Kier alpha value is -0.830. The third-order valence-corrected chi connectivity index (χ3v) is 4.91. The van der Waals surface area contributed by atoms with Gasteiger partial charge >= 0.3 is 0 Å². The second kappa shape index (κ2) is 5.43. The van der Waals surface area contributed by atoms with E-state index in [-0.39, 0.29) is 0 Å². The summed E-state index contributed by atoms with van der Waals surface area (Å²) < 4.78 is 0. The fourth-order valence-electron chi connectivity index (χ4n) is 2.23. The first-order chi connectivity index (χ1) is 8.49. The maximum Gasteiger partial charge on any atom is 0.0403 e. The van der Waals surface area contributed by atoms with Gasteiger partial charge in [0.1, 0.15) is 0 Å². The van der Waals surface area contributed by atoms with Crippen LogP contribution in [0.25, 0.3) is 0 Å². The molecule has 1 aliphatic heterocycles. The van der Waals surface area contributed by atoms with Crippen LogP contribution < -0.4 is 10.2 Å². The van der Waals surface area contributed by atoms with Gasteiger partial charge < -0.3 is 10.2 Å². The van der Waals surface area contributed by atoms with Gasteiger partial charge in [-0.1, -0.05) is 13.8 Å². The van der Waals surface area contributed by atoms with Crippen molar-refractivity contribution in [1.82, 2.24) is 0 Å². The topological polar surface area (TPSA) is 15.3 Å². The number of hydrogen-bond donors (Lipinski definition) is 1. The number of thioether (sulfide) groups is 1. The Bertz CT molecular complexity index is 384. The molecule has 1 atom stereocenters. The maximum absolute atomic E-state index is 3.70. The third-order valence-electron chi connectivity index (χ3n) is 3.84. The van der Waals surface area contributed by atoms with Gasteiger partial charge in [0.2, 0.25) is 0 Å². The van der Waals surface area contributed by atoms with E-state index in [1.54, 1.807) is 0 Å². The van der Waals surface area contributed by atoms with Crippen LogP contribution >= 0.6 is 11.8 Å². The van der Waals surface area contributed by atoms with Gasteiger partial charge in [-0.05, 0) is 41.9 Å². The van der Waals surface area contributed by atoms with Crippen LogP contribution in [-0.2, 0) is 0 Å². The van der Waals surface area contributed by atoms with Crippen molar-refractivity contribution in [1.29, 1.82) is 0 Å². The molecule has 0 aliphatic carbocycles. The predicted octanol–water partition coefficient (Wildman–Crippen LogP) is 3.70. The van der Waals surface area contributed by atoms with E-state index in [2.05, 4.69) is 74.2 Å². The van der Waals surface area contributed by atoms with Gasteiger partial charge in [0.15, 0.2) is 0 Å². The van der Waals surface area contributed by atoms with Crippen molar-refractivity contribution < 1.29 is 0 Å². The highest BCUT2D eigenvalue weighted by atomic mass is 32.2. The smallest absolute Gasteiger partial charge is 0.0403 e. The zero-order chi connectivity index (χ0) is 13.2. The second-order valence-corrected chi connectivity index (χ2v) is 7.10. The molecule has 1 aromatic carbocycles. The molecule has 1 N–H and O–H groups in total. The normalized spacial score (nSPS) is 22.6. The lowest BCUT2D eigenvalue weighted by molar-refractivity contribution is 0.305. The van der Waals surface area contributed by atoms with Crippen molar-refractivity contribution in [2.75, 3.05) is 35.8 Å². The molecule has 2 rings (SSSR count). The van der Waals surface area contributed by atoms with Crippen molar-refractivity contribution in [2.45, 2.75) is 26.3 Å². The zero-order valence-corrected chi connectivity index (χ0v) is 12.7. The molecule has 1 aromatic rings. The first-order valence-corrected chi connectivity index (χ1v) is 7.76. The summed E-state index contributed by atoms with van der Waals surface area (Å²) in [7, 11) is 4.15. The van der Waals surface area contributed by atoms with Crippen LogP contribution in [0, 0.1) is 5.41 Å². The summed E-state index contributed by atoms with van der Waals surface area (Å²) in [6, 6.07) is 9.29. The van der Waals surface area contributed by atoms with Crippen molar-refractivity contribution in [3.8, 4) is 0 Å². The Morgan fingerprint density at radius 2 is 1.89 bits per heavy atom. The standard InChI is InChI=1S/C15H24N2S/c1-15(2)9-10-18-11-14(15)16-12-5-7-13(8-6-12)17(3)4/h5-8,14,16H,9-11H2,1-4H3. The minimum absolute atomic E-state index is 0.394. The minimum atomic E-state index is 0.394. The highest BCUT2D eigenvalue weighted by Gasteiger charge is 2.32. The van der Waals surface area contributed by atoms with E-state index in [4.69, 9.17) is 0 Å². The van der Waals surface area contributed by atoms with Crippen LogP contribution in [-0.4, -0.2) is 31.6 Å². The lowest BCUT2D eigenvalue weighted by Crippen LogP contribution is -2.41. The van der Waals surface area contributed by atoms with Crippen LogP contribution in [0.2, 0.25) is 0 Å². The highest BCUT2D eigenvalue weighted by Crippen LogP contribution is 2.36. The molecule has 18 heavy (non-hydrogen) atoms. The van der Waals surface area contributed by atoms with Gasteiger partial charge in [-0.2, -0.15) is 11.8 Å². The van der Waals surface area contributed by atoms with Crippen LogP contribution in [0.5, 0.6) is 0 Å². The SMILES string of the molecule is CN(C)c1ccc(NC2CSCCC2(C)C)cc1. The lowest BCUT2D eigenvalue weighted by Gasteiger charge is -2.39. The average molecular weight is 264 g/mol. The predicted molar refractivity (Wildman–Crippen MR) is 83.9 cm³/mol. The molecule has 0 amide bonds. The molecule has 3 heteroatoms. The number of nitrogens with zero attached hydrogens (tertiary/aromatic N) is 1. The third kappa shape index (κ3) is 3.14. The fraction of sp³-hybridized carbons (Fsp3) is 0.600. The van der Waals surface area contributed by atoms with Gasteiger partial charge in [-0.15, -0.1) is 0 Å². The number of hydrogen-bond acceptors (Lipinski definition) is 3. The van der Waals surface area contributed by atoms with E-state index in [9.17, 15) is 0 Å². The molecular weight excluding hydrogens is 240 g/mol. The van der Waals surface area contributed by atoms with Crippen LogP contribution in [0.1, 0.15) is 20.3 Å². The first-order valence-electron chi connectivity index (χ1n) is 6.61. The fourth-order valence-corrected chi connectivity index (χ4v) is 3.84. The molecule has 100 valence electrons. The van der Waals surface area contributed by atoms with Gasteiger partial charge in [0.25, 0.3) is 0 Å². The monoisotopic (exact) mass is 264 g/mol. The summed E-state index contributed by atoms with van der Waals surface area (Å²) in [5.41, 5.74) is 2.88.